The normalized spacial score (nSPS) is 12.3. The van der Waals surface area contributed by atoms with Crippen LogP contribution in [0.25, 0.3) is 5.78 Å². The molecule has 7 heteroatoms. The molecule has 0 radical (unpaired) electrons. The summed E-state index contributed by atoms with van der Waals surface area (Å²) < 4.78 is 37.9. The molecule has 2 rings (SSSR count). The molecule has 0 fully saturated rings. The summed E-state index contributed by atoms with van der Waals surface area (Å²) >= 11 is 0. The van der Waals surface area contributed by atoms with Crippen LogP contribution in [0.4, 0.5) is 13.2 Å². The zero-order valence-electron chi connectivity index (χ0n) is 7.08. The van der Waals surface area contributed by atoms with E-state index in [0.29, 0.717) is 4.52 Å². The Morgan fingerprint density at radius 2 is 2.07 bits per heavy atom. The third-order valence-corrected chi connectivity index (χ3v) is 1.64. The number of alkyl halides is 3. The van der Waals surface area contributed by atoms with Gasteiger partial charge in [0.2, 0.25) is 0 Å². The highest BCUT2D eigenvalue weighted by atomic mass is 19.4. The molecule has 4 nitrogen and oxygen atoms in total. The lowest BCUT2D eigenvalue weighted by molar-refractivity contribution is -0.142. The van der Waals surface area contributed by atoms with Crippen LogP contribution in [0.15, 0.2) is 12.3 Å². The Morgan fingerprint density at radius 1 is 1.36 bits per heavy atom. The minimum atomic E-state index is -4.44. The third kappa shape index (κ3) is 1.30. The van der Waals surface area contributed by atoms with Crippen molar-refractivity contribution in [1.82, 2.24) is 19.6 Å². The second-order valence-electron chi connectivity index (χ2n) is 2.70. The summed E-state index contributed by atoms with van der Waals surface area (Å²) in [5.41, 5.74) is -0.872. The molecule has 0 aliphatic heterocycles. The van der Waals surface area contributed by atoms with Crippen molar-refractivity contribution in [2.24, 2.45) is 0 Å². The first-order valence-electron chi connectivity index (χ1n) is 3.74. The fourth-order valence-corrected chi connectivity index (χ4v) is 1.11. The lowest BCUT2D eigenvalue weighted by Gasteiger charge is -2.06. The highest BCUT2D eigenvalue weighted by molar-refractivity contribution is 5.29. The molecule has 0 spiro atoms. The fraction of sp³-hybridized carbons (Fsp3) is 0.286. The van der Waals surface area contributed by atoms with E-state index >= 15 is 0 Å². The van der Waals surface area contributed by atoms with Crippen molar-refractivity contribution in [2.75, 3.05) is 0 Å². The van der Waals surface area contributed by atoms with E-state index in [-0.39, 0.29) is 11.6 Å². The summed E-state index contributed by atoms with van der Waals surface area (Å²) in [6.45, 7) is 1.51. The maximum atomic E-state index is 12.4. The van der Waals surface area contributed by atoms with Crippen LogP contribution in [0.5, 0.6) is 0 Å². The van der Waals surface area contributed by atoms with E-state index in [1.54, 1.807) is 0 Å². The first-order chi connectivity index (χ1) is 6.48. The van der Waals surface area contributed by atoms with Gasteiger partial charge in [-0.1, -0.05) is 0 Å². The number of hydrogen-bond acceptors (Lipinski definition) is 3. The lowest BCUT2D eigenvalue weighted by atomic mass is 10.4. The molecule has 0 unspecified atom stereocenters. The zero-order valence-corrected chi connectivity index (χ0v) is 7.08. The summed E-state index contributed by atoms with van der Waals surface area (Å²) in [4.78, 5) is 7.39. The molecule has 2 aromatic heterocycles. The highest BCUT2D eigenvalue weighted by Crippen LogP contribution is 2.28. The topological polar surface area (TPSA) is 43.1 Å². The molecule has 74 valence electrons. The largest absolute Gasteiger partial charge is 0.433 e. The van der Waals surface area contributed by atoms with Crippen LogP contribution in [0.1, 0.15) is 11.5 Å². The van der Waals surface area contributed by atoms with E-state index in [1.807, 2.05) is 0 Å². The summed E-state index contributed by atoms with van der Waals surface area (Å²) in [5, 5.41) is 3.60. The molecule has 14 heavy (non-hydrogen) atoms. The number of hydrogen-bond donors (Lipinski definition) is 0. The predicted octanol–water partition coefficient (Wildman–Crippen LogP) is 1.45. The van der Waals surface area contributed by atoms with Crippen LogP contribution in [0, 0.1) is 6.92 Å². The van der Waals surface area contributed by atoms with Gasteiger partial charge in [-0.25, -0.2) is 4.98 Å². The van der Waals surface area contributed by atoms with E-state index in [2.05, 4.69) is 15.1 Å². The van der Waals surface area contributed by atoms with E-state index < -0.39 is 11.9 Å². The minimum Gasteiger partial charge on any atom is -0.220 e. The molecule has 0 aromatic carbocycles. The molecule has 0 amide bonds. The van der Waals surface area contributed by atoms with Crippen molar-refractivity contribution in [3.05, 3.63) is 23.8 Å². The summed E-state index contributed by atoms with van der Waals surface area (Å²) in [6, 6.07) is 0.862. The highest BCUT2D eigenvalue weighted by Gasteiger charge is 2.34. The van der Waals surface area contributed by atoms with Crippen molar-refractivity contribution in [3.8, 4) is 0 Å². The Labute approximate surface area is 76.4 Å². The van der Waals surface area contributed by atoms with Crippen molar-refractivity contribution >= 4 is 5.78 Å². The monoisotopic (exact) mass is 202 g/mol. The second kappa shape index (κ2) is 2.66. The maximum absolute atomic E-state index is 12.4. The van der Waals surface area contributed by atoms with Crippen LogP contribution in [-0.4, -0.2) is 19.6 Å². The Balaban J connectivity index is 2.77. The summed E-state index contributed by atoms with van der Waals surface area (Å²) in [7, 11) is 0. The Morgan fingerprint density at radius 3 is 2.71 bits per heavy atom. The zero-order chi connectivity index (χ0) is 10.3. The van der Waals surface area contributed by atoms with Crippen LogP contribution < -0.4 is 0 Å². The van der Waals surface area contributed by atoms with Crippen molar-refractivity contribution < 1.29 is 13.2 Å². The number of aryl methyl sites for hydroxylation is 1. The number of halogens is 3. The molecular weight excluding hydrogens is 197 g/mol. The van der Waals surface area contributed by atoms with Gasteiger partial charge in [0.05, 0.1) is 0 Å². The predicted molar refractivity (Wildman–Crippen MR) is 40.5 cm³/mol. The molecule has 0 bridgehead atoms. The van der Waals surface area contributed by atoms with Gasteiger partial charge in [0.25, 0.3) is 5.78 Å². The maximum Gasteiger partial charge on any atom is 0.433 e. The van der Waals surface area contributed by atoms with Gasteiger partial charge in [0.1, 0.15) is 5.82 Å². The van der Waals surface area contributed by atoms with Crippen molar-refractivity contribution in [1.29, 1.82) is 0 Å². The molecule has 2 heterocycles. The van der Waals surface area contributed by atoms with Crippen molar-refractivity contribution in [2.45, 2.75) is 13.1 Å². The first kappa shape index (κ1) is 8.92. The lowest BCUT2D eigenvalue weighted by Crippen LogP contribution is -2.12. The number of aromatic nitrogens is 4. The molecule has 0 aliphatic rings. The van der Waals surface area contributed by atoms with E-state index in [0.717, 1.165) is 12.3 Å². The molecular formula is C7H5F3N4. The molecule has 0 N–H and O–H groups in total. The van der Waals surface area contributed by atoms with Gasteiger partial charge in [-0.3, -0.25) is 0 Å². The van der Waals surface area contributed by atoms with Gasteiger partial charge in [-0.05, 0) is 13.0 Å². The van der Waals surface area contributed by atoms with Gasteiger partial charge < -0.3 is 0 Å². The quantitative estimate of drug-likeness (QED) is 0.649. The Bertz CT molecular complexity index is 473. The number of nitrogens with zero attached hydrogens (tertiary/aromatic N) is 4. The number of fused-ring (bicyclic) bond motifs is 1. The van der Waals surface area contributed by atoms with E-state index in [1.165, 1.54) is 6.92 Å². The van der Waals surface area contributed by atoms with Gasteiger partial charge in [0, 0.05) is 6.20 Å². The molecule has 0 atom stereocenters. The van der Waals surface area contributed by atoms with Crippen LogP contribution in [0.2, 0.25) is 0 Å². The van der Waals surface area contributed by atoms with E-state index in [4.69, 9.17) is 0 Å². The molecule has 2 aromatic rings. The smallest absolute Gasteiger partial charge is 0.220 e. The van der Waals surface area contributed by atoms with E-state index in [9.17, 15) is 13.2 Å². The van der Waals surface area contributed by atoms with Gasteiger partial charge in [-0.15, -0.1) is 5.10 Å². The molecule has 0 aliphatic carbocycles. The Kier molecular flexibility index (Phi) is 1.70. The van der Waals surface area contributed by atoms with Gasteiger partial charge in [0.15, 0.2) is 5.69 Å². The standard InChI is InChI=1S/C7H5F3N4/c1-4-12-6-11-3-2-5(7(8,9)10)14(6)13-4/h2-3H,1H3. The SMILES string of the molecule is Cc1nc2nccc(C(F)(F)F)n2n1. The molecule has 0 saturated heterocycles. The average Bonchev–Trinajstić information content (AvgIpc) is 2.41. The summed E-state index contributed by atoms with van der Waals surface area (Å²) in [6.07, 6.45) is -3.38. The summed E-state index contributed by atoms with van der Waals surface area (Å²) in [5.74, 6) is 0.214. The average molecular weight is 202 g/mol. The van der Waals surface area contributed by atoms with Crippen molar-refractivity contribution in [3.63, 3.8) is 0 Å². The first-order valence-corrected chi connectivity index (χ1v) is 3.74. The van der Waals surface area contributed by atoms with Gasteiger partial charge >= 0.3 is 6.18 Å². The minimum absolute atomic E-state index is 0.0441. The van der Waals surface area contributed by atoms with Crippen LogP contribution in [0.3, 0.4) is 0 Å². The fourth-order valence-electron chi connectivity index (χ4n) is 1.11. The Hall–Kier alpha value is -1.66. The third-order valence-electron chi connectivity index (χ3n) is 1.64. The van der Waals surface area contributed by atoms with Crippen LogP contribution in [-0.2, 0) is 6.18 Å². The number of rotatable bonds is 0. The molecule has 0 saturated carbocycles. The second-order valence-corrected chi connectivity index (χ2v) is 2.70. The van der Waals surface area contributed by atoms with Crippen LogP contribution >= 0.6 is 0 Å². The van der Waals surface area contributed by atoms with Gasteiger partial charge in [-0.2, -0.15) is 22.7 Å².